The summed E-state index contributed by atoms with van der Waals surface area (Å²) in [5, 5.41) is 5.28. The molecule has 0 spiro atoms. The molecule has 1 aromatic heterocycles. The van der Waals surface area contributed by atoms with Crippen molar-refractivity contribution in [2.75, 3.05) is 0 Å². The highest BCUT2D eigenvalue weighted by molar-refractivity contribution is 6.88. The van der Waals surface area contributed by atoms with Crippen molar-refractivity contribution in [1.82, 2.24) is 0 Å². The normalized spacial score (nSPS) is 13.0. The number of aryl methyl sites for hydroxylation is 2. The first kappa shape index (κ1) is 21.2. The lowest BCUT2D eigenvalue weighted by atomic mass is 9.88. The van der Waals surface area contributed by atoms with Gasteiger partial charge in [0, 0.05) is 22.9 Å². The van der Waals surface area contributed by atoms with Gasteiger partial charge in [-0.3, -0.25) is 0 Å². The van der Waals surface area contributed by atoms with Crippen LogP contribution in [-0.2, 0) is 13.5 Å². The standard InChI is InChI=1S/C29H34NOSi/c1-17(2)11-20-13-22-12-18(3)19(4)27-28(22)25(14-20)31-26-16-21-15-23(32(6,7)8)9-10-24(21)30(5)29(26)27/h9-10,12-17H,11H2,1-8H3/q+1. The number of hydrogen-bond donors (Lipinski definition) is 0. The fourth-order valence-electron chi connectivity index (χ4n) is 5.19. The molecule has 0 saturated heterocycles. The average Bonchev–Trinajstić information content (AvgIpc) is 2.69. The Morgan fingerprint density at radius 2 is 1.66 bits per heavy atom. The van der Waals surface area contributed by atoms with Gasteiger partial charge in [-0.05, 0) is 60.4 Å². The average molecular weight is 441 g/mol. The lowest BCUT2D eigenvalue weighted by molar-refractivity contribution is -0.633. The van der Waals surface area contributed by atoms with E-state index in [1.54, 1.807) is 0 Å². The van der Waals surface area contributed by atoms with Gasteiger partial charge in [0.25, 0.3) is 5.69 Å². The van der Waals surface area contributed by atoms with E-state index in [9.17, 15) is 0 Å². The van der Waals surface area contributed by atoms with Gasteiger partial charge in [-0.15, -0.1) is 0 Å². The summed E-state index contributed by atoms with van der Waals surface area (Å²) in [5.74, 6) is 2.59. The SMILES string of the molecule is Cc1cc2cc(CC(C)C)cc3c2c(c1C)-c1c(cc2cc([Si](C)(C)C)ccc2[n+]1C)O3. The number of pyridine rings is 1. The van der Waals surface area contributed by atoms with Crippen LogP contribution in [0.2, 0.25) is 19.6 Å². The van der Waals surface area contributed by atoms with E-state index in [1.165, 1.54) is 54.8 Å². The fourth-order valence-corrected chi connectivity index (χ4v) is 6.37. The second kappa shape index (κ2) is 7.18. The summed E-state index contributed by atoms with van der Waals surface area (Å²) in [6.45, 7) is 16.3. The number of rotatable bonds is 3. The number of ether oxygens (including phenoxy) is 1. The van der Waals surface area contributed by atoms with Gasteiger partial charge in [-0.25, -0.2) is 0 Å². The van der Waals surface area contributed by atoms with Crippen LogP contribution in [0, 0.1) is 19.8 Å². The summed E-state index contributed by atoms with van der Waals surface area (Å²) in [6.07, 6.45) is 1.06. The second-order valence-electron chi connectivity index (χ2n) is 11.0. The first-order valence-electron chi connectivity index (χ1n) is 11.8. The summed E-state index contributed by atoms with van der Waals surface area (Å²) in [5.41, 5.74) is 7.80. The van der Waals surface area contributed by atoms with Crippen molar-refractivity contribution in [2.45, 2.75) is 53.8 Å². The van der Waals surface area contributed by atoms with E-state index < -0.39 is 8.07 Å². The zero-order chi connectivity index (χ0) is 22.9. The van der Waals surface area contributed by atoms with Gasteiger partial charge in [-0.2, -0.15) is 4.57 Å². The smallest absolute Gasteiger partial charge is 0.256 e. The van der Waals surface area contributed by atoms with Crippen molar-refractivity contribution in [3.05, 3.63) is 59.2 Å². The molecule has 0 bridgehead atoms. The Morgan fingerprint density at radius 1 is 0.906 bits per heavy atom. The summed E-state index contributed by atoms with van der Waals surface area (Å²) in [6, 6.07) is 16.2. The predicted octanol–water partition coefficient (Wildman–Crippen LogP) is 6.95. The topological polar surface area (TPSA) is 13.1 Å². The monoisotopic (exact) mass is 440 g/mol. The lowest BCUT2D eigenvalue weighted by Gasteiger charge is -2.24. The molecule has 32 heavy (non-hydrogen) atoms. The van der Waals surface area contributed by atoms with Crippen LogP contribution >= 0.6 is 0 Å². The van der Waals surface area contributed by atoms with Crippen LogP contribution < -0.4 is 14.5 Å². The van der Waals surface area contributed by atoms with Crippen LogP contribution in [-0.4, -0.2) is 8.07 Å². The molecule has 1 aliphatic rings. The molecular formula is C29H34NOSi+. The Morgan fingerprint density at radius 3 is 2.34 bits per heavy atom. The third-order valence-corrected chi connectivity index (χ3v) is 9.04. The number of aromatic nitrogens is 1. The largest absolute Gasteiger partial charge is 0.450 e. The van der Waals surface area contributed by atoms with E-state index >= 15 is 0 Å². The van der Waals surface area contributed by atoms with Gasteiger partial charge in [0.1, 0.15) is 12.8 Å². The molecule has 0 aliphatic carbocycles. The van der Waals surface area contributed by atoms with Gasteiger partial charge in [0.2, 0.25) is 5.52 Å². The van der Waals surface area contributed by atoms with E-state index in [2.05, 4.69) is 101 Å². The molecule has 0 N–H and O–H groups in total. The molecular weight excluding hydrogens is 406 g/mol. The molecule has 4 aromatic rings. The number of nitrogens with zero attached hydrogens (tertiary/aromatic N) is 1. The highest BCUT2D eigenvalue weighted by Gasteiger charge is 2.32. The minimum atomic E-state index is -1.39. The minimum absolute atomic E-state index is 0.614. The highest BCUT2D eigenvalue weighted by atomic mass is 28.3. The van der Waals surface area contributed by atoms with Crippen LogP contribution in [0.25, 0.3) is 32.9 Å². The third-order valence-electron chi connectivity index (χ3n) is 6.99. The van der Waals surface area contributed by atoms with Gasteiger partial charge in [-0.1, -0.05) is 56.9 Å². The molecule has 3 heteroatoms. The molecule has 1 aliphatic heterocycles. The molecule has 0 unspecified atom stereocenters. The fraction of sp³-hybridized carbons (Fsp3) is 0.345. The maximum absolute atomic E-state index is 6.67. The quantitative estimate of drug-likeness (QED) is 0.218. The van der Waals surface area contributed by atoms with Gasteiger partial charge in [0.15, 0.2) is 5.75 Å². The first-order valence-corrected chi connectivity index (χ1v) is 15.3. The van der Waals surface area contributed by atoms with Crippen LogP contribution in [0.4, 0.5) is 0 Å². The van der Waals surface area contributed by atoms with Crippen molar-refractivity contribution < 1.29 is 9.30 Å². The van der Waals surface area contributed by atoms with E-state index in [4.69, 9.17) is 4.74 Å². The van der Waals surface area contributed by atoms with E-state index in [-0.39, 0.29) is 0 Å². The van der Waals surface area contributed by atoms with Crippen LogP contribution in [0.1, 0.15) is 30.5 Å². The number of fused-ring (bicyclic) bond motifs is 3. The van der Waals surface area contributed by atoms with Gasteiger partial charge < -0.3 is 4.74 Å². The number of benzene rings is 3. The molecule has 164 valence electrons. The Labute approximate surface area is 192 Å². The van der Waals surface area contributed by atoms with Crippen molar-refractivity contribution in [3.8, 4) is 22.8 Å². The molecule has 2 nitrogen and oxygen atoms in total. The Hall–Kier alpha value is -2.65. The van der Waals surface area contributed by atoms with Gasteiger partial charge in [0.05, 0.1) is 13.6 Å². The van der Waals surface area contributed by atoms with Crippen LogP contribution in [0.5, 0.6) is 11.5 Å². The van der Waals surface area contributed by atoms with Crippen molar-refractivity contribution in [3.63, 3.8) is 0 Å². The minimum Gasteiger partial charge on any atom is -0.450 e. The molecule has 0 fully saturated rings. The Kier molecular flexibility index (Phi) is 4.76. The summed E-state index contributed by atoms with van der Waals surface area (Å²) in [4.78, 5) is 0. The third kappa shape index (κ3) is 3.26. The van der Waals surface area contributed by atoms with E-state index in [0.717, 1.165) is 17.9 Å². The first-order chi connectivity index (χ1) is 15.0. The predicted molar refractivity (Wildman–Crippen MR) is 139 cm³/mol. The highest BCUT2D eigenvalue weighted by Crippen LogP contribution is 2.48. The second-order valence-corrected chi connectivity index (χ2v) is 16.1. The maximum atomic E-state index is 6.67. The maximum Gasteiger partial charge on any atom is 0.256 e. The molecule has 0 saturated carbocycles. The van der Waals surface area contributed by atoms with Crippen molar-refractivity contribution in [2.24, 2.45) is 13.0 Å². The zero-order valence-corrected chi connectivity index (χ0v) is 21.7. The molecule has 0 atom stereocenters. The Balaban J connectivity index is 1.84. The Bertz CT molecular complexity index is 1410. The van der Waals surface area contributed by atoms with Gasteiger partial charge >= 0.3 is 0 Å². The molecule has 3 aromatic carbocycles. The van der Waals surface area contributed by atoms with Crippen LogP contribution in [0.3, 0.4) is 0 Å². The molecule has 2 heterocycles. The zero-order valence-electron chi connectivity index (χ0n) is 20.7. The number of hydrogen-bond acceptors (Lipinski definition) is 1. The molecule has 5 rings (SSSR count). The van der Waals surface area contributed by atoms with Crippen LogP contribution in [0.15, 0.2) is 42.5 Å². The van der Waals surface area contributed by atoms with Crippen molar-refractivity contribution >= 4 is 34.9 Å². The lowest BCUT2D eigenvalue weighted by Crippen LogP contribution is -2.39. The van der Waals surface area contributed by atoms with E-state index in [1.807, 2.05) is 0 Å². The summed E-state index contributed by atoms with van der Waals surface area (Å²) < 4.78 is 9.01. The van der Waals surface area contributed by atoms with E-state index in [0.29, 0.717) is 5.92 Å². The van der Waals surface area contributed by atoms with Crippen molar-refractivity contribution in [1.29, 1.82) is 0 Å². The summed E-state index contributed by atoms with van der Waals surface area (Å²) >= 11 is 0. The summed E-state index contributed by atoms with van der Waals surface area (Å²) in [7, 11) is 0.795. The molecule has 0 radical (unpaired) electrons. The molecule has 0 amide bonds.